The highest BCUT2D eigenvalue weighted by atomic mass is 16.5. The molecule has 37 heavy (non-hydrogen) atoms. The topological polar surface area (TPSA) is 101 Å². The number of ether oxygens (including phenoxy) is 1. The van der Waals surface area contributed by atoms with Crippen LogP contribution in [0, 0.1) is 17.8 Å². The van der Waals surface area contributed by atoms with Crippen LogP contribution in [0.4, 0.5) is 0 Å². The molecule has 4 atom stereocenters. The van der Waals surface area contributed by atoms with Gasteiger partial charge in [-0.05, 0) is 62.3 Å². The van der Waals surface area contributed by atoms with E-state index in [2.05, 4.69) is 0 Å². The highest BCUT2D eigenvalue weighted by Crippen LogP contribution is 2.56. The van der Waals surface area contributed by atoms with Crippen molar-refractivity contribution in [2.24, 2.45) is 17.8 Å². The molecule has 192 valence electrons. The number of methoxy groups -OCH3 is 1. The molecule has 2 fully saturated rings. The fraction of sp³-hybridized carbons (Fsp3) is 0.467. The van der Waals surface area contributed by atoms with Gasteiger partial charge in [0.15, 0.2) is 23.1 Å². The van der Waals surface area contributed by atoms with Crippen LogP contribution in [-0.2, 0) is 19.2 Å². The molecule has 7 heteroatoms. The number of hydrogen-bond donors (Lipinski definition) is 1. The highest BCUT2D eigenvalue weighted by Gasteiger charge is 2.57. The number of imide groups is 1. The molecule has 6 rings (SSSR count). The van der Waals surface area contributed by atoms with Crippen LogP contribution in [0.5, 0.6) is 11.5 Å². The first-order valence-electron chi connectivity index (χ1n) is 13.3. The molecular weight excluding hydrogens is 470 g/mol. The molecule has 2 amide bonds. The molecule has 1 saturated heterocycles. The second kappa shape index (κ2) is 8.82. The molecule has 1 aromatic carbocycles. The Hall–Kier alpha value is -3.48. The van der Waals surface area contributed by atoms with Crippen molar-refractivity contribution in [3.63, 3.8) is 0 Å². The number of allylic oxidation sites excluding steroid dienone is 6. The number of carbonyl (C=O) groups excluding carboxylic acids is 4. The molecular formula is C30H31NO6. The number of phenolic OH excluding ortho intramolecular Hbond substituents is 1. The molecule has 0 aromatic heterocycles. The molecule has 1 saturated carbocycles. The van der Waals surface area contributed by atoms with E-state index in [0.717, 1.165) is 37.7 Å². The lowest BCUT2D eigenvalue weighted by atomic mass is 9.59. The van der Waals surface area contributed by atoms with Crippen molar-refractivity contribution in [2.75, 3.05) is 7.11 Å². The molecule has 0 bridgehead atoms. The van der Waals surface area contributed by atoms with E-state index in [1.165, 1.54) is 13.2 Å². The fourth-order valence-corrected chi connectivity index (χ4v) is 7.35. The Labute approximate surface area is 215 Å². The van der Waals surface area contributed by atoms with Gasteiger partial charge in [0.25, 0.3) is 0 Å². The number of aromatic hydroxyl groups is 1. The average Bonchev–Trinajstić information content (AvgIpc) is 3.16. The minimum atomic E-state index is -0.571. The van der Waals surface area contributed by atoms with Crippen LogP contribution in [0.15, 0.2) is 52.6 Å². The van der Waals surface area contributed by atoms with Crippen molar-refractivity contribution in [3.05, 3.63) is 58.2 Å². The van der Waals surface area contributed by atoms with Gasteiger partial charge >= 0.3 is 0 Å². The van der Waals surface area contributed by atoms with E-state index in [-0.39, 0.29) is 47.5 Å². The molecule has 4 aliphatic carbocycles. The van der Waals surface area contributed by atoms with E-state index in [1.54, 1.807) is 30.0 Å². The minimum Gasteiger partial charge on any atom is -0.504 e. The zero-order chi connectivity index (χ0) is 26.0. The molecule has 1 aliphatic heterocycles. The van der Waals surface area contributed by atoms with Crippen LogP contribution in [0.1, 0.15) is 63.4 Å². The first-order valence-corrected chi connectivity index (χ1v) is 13.3. The average molecular weight is 502 g/mol. The van der Waals surface area contributed by atoms with Gasteiger partial charge in [-0.25, -0.2) is 0 Å². The molecule has 5 aliphatic rings. The number of phenols is 1. The standard InChI is InChI=1S/C30H31NO6/c1-15-12-22(32)21-14-20-18(25(27(21)28(15)34)16-8-11-24(37-2)23(33)13-16)9-10-19-26(20)30(36)31(29(19)35)17-6-4-3-5-7-17/h8-9,11-13,17,19-20,25-26,33H,3-7,10,14H2,1-2H3. The van der Waals surface area contributed by atoms with Crippen molar-refractivity contribution in [3.8, 4) is 11.5 Å². The van der Waals surface area contributed by atoms with Crippen molar-refractivity contribution in [1.29, 1.82) is 0 Å². The maximum atomic E-state index is 13.9. The van der Waals surface area contributed by atoms with Gasteiger partial charge in [-0.3, -0.25) is 24.1 Å². The Morgan fingerprint density at radius 2 is 1.76 bits per heavy atom. The first kappa shape index (κ1) is 23.9. The summed E-state index contributed by atoms with van der Waals surface area (Å²) in [5, 5.41) is 10.6. The SMILES string of the molecule is COc1ccc(C2C3=CCC4C(=O)N(C5CCCCC5)C(=O)C4C3CC3=C2C(=O)C(C)=CC3=O)cc1O. The summed E-state index contributed by atoms with van der Waals surface area (Å²) in [6.45, 7) is 1.64. The second-order valence-electron chi connectivity index (χ2n) is 11.0. The van der Waals surface area contributed by atoms with Gasteiger partial charge in [0.2, 0.25) is 11.8 Å². The van der Waals surface area contributed by atoms with Gasteiger partial charge in [-0.1, -0.05) is 37.0 Å². The summed E-state index contributed by atoms with van der Waals surface area (Å²) in [6.07, 6.45) is 8.97. The van der Waals surface area contributed by atoms with E-state index in [9.17, 15) is 24.3 Å². The fourth-order valence-electron chi connectivity index (χ4n) is 7.35. The zero-order valence-corrected chi connectivity index (χ0v) is 21.2. The summed E-state index contributed by atoms with van der Waals surface area (Å²) in [6, 6.07) is 4.97. The van der Waals surface area contributed by atoms with Crippen LogP contribution in [0.2, 0.25) is 0 Å². The van der Waals surface area contributed by atoms with E-state index >= 15 is 0 Å². The number of benzene rings is 1. The number of Topliss-reactive ketones (excluding diaryl/α,β-unsaturated/α-hetero) is 1. The lowest BCUT2D eigenvalue weighted by molar-refractivity contribution is -0.143. The normalized spacial score (nSPS) is 30.1. The van der Waals surface area contributed by atoms with Crippen molar-refractivity contribution < 1.29 is 29.0 Å². The van der Waals surface area contributed by atoms with E-state index < -0.39 is 17.8 Å². The van der Waals surface area contributed by atoms with Crippen molar-refractivity contribution in [1.82, 2.24) is 4.90 Å². The summed E-state index contributed by atoms with van der Waals surface area (Å²) in [5.74, 6) is -2.24. The van der Waals surface area contributed by atoms with Crippen molar-refractivity contribution in [2.45, 2.75) is 63.8 Å². The van der Waals surface area contributed by atoms with Gasteiger partial charge < -0.3 is 9.84 Å². The van der Waals surface area contributed by atoms with Crippen LogP contribution in [0.25, 0.3) is 0 Å². The number of ketones is 2. The van der Waals surface area contributed by atoms with E-state index in [0.29, 0.717) is 34.5 Å². The Morgan fingerprint density at radius 3 is 2.46 bits per heavy atom. The van der Waals surface area contributed by atoms with Crippen LogP contribution in [0.3, 0.4) is 0 Å². The number of nitrogens with zero attached hydrogens (tertiary/aromatic N) is 1. The van der Waals surface area contributed by atoms with Gasteiger partial charge in [0, 0.05) is 28.7 Å². The Morgan fingerprint density at radius 1 is 1.00 bits per heavy atom. The predicted octanol–water partition coefficient (Wildman–Crippen LogP) is 4.16. The van der Waals surface area contributed by atoms with Gasteiger partial charge in [-0.15, -0.1) is 0 Å². The number of rotatable bonds is 3. The third-order valence-electron chi connectivity index (χ3n) is 9.07. The Kier molecular flexibility index (Phi) is 5.70. The monoisotopic (exact) mass is 501 g/mol. The summed E-state index contributed by atoms with van der Waals surface area (Å²) in [5.41, 5.74) is 2.80. The first-order chi connectivity index (χ1) is 17.8. The van der Waals surface area contributed by atoms with Gasteiger partial charge in [0.1, 0.15) is 0 Å². The maximum Gasteiger partial charge on any atom is 0.233 e. The number of fused-ring (bicyclic) bond motifs is 3. The van der Waals surface area contributed by atoms with E-state index in [1.807, 2.05) is 6.08 Å². The molecule has 4 unspecified atom stereocenters. The quantitative estimate of drug-likeness (QED) is 0.379. The van der Waals surface area contributed by atoms with Crippen LogP contribution < -0.4 is 4.74 Å². The molecule has 7 nitrogen and oxygen atoms in total. The van der Waals surface area contributed by atoms with Crippen LogP contribution in [-0.4, -0.2) is 46.5 Å². The largest absolute Gasteiger partial charge is 0.504 e. The summed E-state index contributed by atoms with van der Waals surface area (Å²) in [7, 11) is 1.47. The predicted molar refractivity (Wildman–Crippen MR) is 135 cm³/mol. The zero-order valence-electron chi connectivity index (χ0n) is 21.2. The van der Waals surface area contributed by atoms with Crippen molar-refractivity contribution >= 4 is 23.4 Å². The minimum absolute atomic E-state index is 0.0426. The molecule has 1 heterocycles. The lowest BCUT2D eigenvalue weighted by Crippen LogP contribution is -2.43. The Bertz CT molecular complexity index is 1330. The third-order valence-corrected chi connectivity index (χ3v) is 9.07. The molecule has 0 spiro atoms. The molecule has 1 N–H and O–H groups in total. The second-order valence-corrected chi connectivity index (χ2v) is 11.0. The maximum absolute atomic E-state index is 13.9. The number of amides is 2. The summed E-state index contributed by atoms with van der Waals surface area (Å²) in [4.78, 5) is 55.6. The number of carbonyl (C=O) groups is 4. The summed E-state index contributed by atoms with van der Waals surface area (Å²) >= 11 is 0. The van der Waals surface area contributed by atoms with E-state index in [4.69, 9.17) is 4.74 Å². The van der Waals surface area contributed by atoms with Gasteiger partial charge in [-0.2, -0.15) is 0 Å². The molecule has 0 radical (unpaired) electrons. The van der Waals surface area contributed by atoms with Gasteiger partial charge in [0.05, 0.1) is 18.9 Å². The highest BCUT2D eigenvalue weighted by molar-refractivity contribution is 6.23. The smallest absolute Gasteiger partial charge is 0.233 e. The Balaban J connectivity index is 1.46. The molecule has 1 aromatic rings. The number of hydrogen-bond acceptors (Lipinski definition) is 6. The van der Waals surface area contributed by atoms with Crippen LogP contribution >= 0.6 is 0 Å². The third kappa shape index (κ3) is 3.54. The summed E-state index contributed by atoms with van der Waals surface area (Å²) < 4.78 is 5.21. The lowest BCUT2D eigenvalue weighted by Gasteiger charge is -2.42. The number of likely N-dealkylation sites (tertiary alicyclic amines) is 1.